The highest BCUT2D eigenvalue weighted by Crippen LogP contribution is 2.16. The van der Waals surface area contributed by atoms with Crippen molar-refractivity contribution in [1.82, 2.24) is 36.9 Å². The zero-order chi connectivity index (χ0) is 49.1. The molecule has 1 aliphatic rings. The number of nitrogens with two attached hydrogens (primary N) is 2. The van der Waals surface area contributed by atoms with Crippen molar-refractivity contribution in [2.24, 2.45) is 27.5 Å². The lowest BCUT2D eigenvalue weighted by Gasteiger charge is -2.27. The Morgan fingerprint density at radius 1 is 0.896 bits per heavy atom. The molecular weight excluding hydrogens is 897 g/mol. The number of hydrazone groups is 1. The fourth-order valence-electron chi connectivity index (χ4n) is 6.33. The molecule has 360 valence electrons. The largest absolute Gasteiger partial charge is 0.494 e. The van der Waals surface area contributed by atoms with Crippen LogP contribution in [0.1, 0.15) is 61.0 Å². The Morgan fingerprint density at radius 3 is 2.25 bits per heavy atom. The van der Waals surface area contributed by atoms with Crippen LogP contribution in [0.15, 0.2) is 81.8 Å². The number of aromatic nitrogens is 1. The molecule has 0 aliphatic carbocycles. The summed E-state index contributed by atoms with van der Waals surface area (Å²) in [6, 6.07) is 9.85. The summed E-state index contributed by atoms with van der Waals surface area (Å²) in [7, 11) is -4.45. The van der Waals surface area contributed by atoms with Crippen molar-refractivity contribution in [3.8, 4) is 5.75 Å². The van der Waals surface area contributed by atoms with Gasteiger partial charge < -0.3 is 53.2 Å². The summed E-state index contributed by atoms with van der Waals surface area (Å²) in [4.78, 5) is 99.1. The molecule has 1 fully saturated rings. The molecule has 2 aromatic carbocycles. The van der Waals surface area contributed by atoms with Crippen LogP contribution >= 0.6 is 0 Å². The Kier molecular flexibility index (Phi) is 19.5. The van der Waals surface area contributed by atoms with Crippen LogP contribution in [0.2, 0.25) is 0 Å². The first-order chi connectivity index (χ1) is 31.8. The summed E-state index contributed by atoms with van der Waals surface area (Å²) < 4.78 is 38.3. The van der Waals surface area contributed by atoms with Gasteiger partial charge in [0.05, 0.1) is 31.4 Å². The van der Waals surface area contributed by atoms with E-state index in [1.807, 2.05) is 0 Å². The van der Waals surface area contributed by atoms with Crippen LogP contribution in [-0.2, 0) is 45.3 Å². The second-order valence-corrected chi connectivity index (χ2v) is 16.7. The van der Waals surface area contributed by atoms with Crippen LogP contribution in [-0.4, -0.2) is 127 Å². The fraction of sp³-hybridized carbons (Fsp3) is 0.381. The van der Waals surface area contributed by atoms with E-state index in [-0.39, 0.29) is 66.8 Å². The summed E-state index contributed by atoms with van der Waals surface area (Å²) >= 11 is 0. The first-order valence-electron chi connectivity index (χ1n) is 20.9. The minimum absolute atomic E-state index is 0.0473. The molecule has 25 heteroatoms. The highest BCUT2D eigenvalue weighted by molar-refractivity contribution is 7.86. The van der Waals surface area contributed by atoms with Crippen LogP contribution in [0.4, 0.5) is 5.82 Å². The maximum Gasteiger partial charge on any atom is 0.305 e. The summed E-state index contributed by atoms with van der Waals surface area (Å²) in [5.74, 6) is -5.97. The molecule has 0 radical (unpaired) electrons. The molecule has 2 heterocycles. The molecule has 24 nitrogen and oxygen atoms in total. The number of guanidine groups is 1. The molecule has 4 atom stereocenters. The number of carbonyl (C=O) groups excluding carboxylic acids is 6. The van der Waals surface area contributed by atoms with E-state index in [0.717, 1.165) is 0 Å². The van der Waals surface area contributed by atoms with Crippen molar-refractivity contribution in [2.45, 2.75) is 75.0 Å². The summed E-state index contributed by atoms with van der Waals surface area (Å²) in [6.45, 7) is 3.25. The van der Waals surface area contributed by atoms with E-state index >= 15 is 0 Å². The standard InChI is InChI=1S/C42H54N12O12S/c1-24(2)36-41(62)52-30(40(61)51-31(20-35(56)57)38(59)48-23-34(55)50-29(39(60)53-36)8-5-16-46-42(43)44)19-25-10-13-28(14-11-25)66-18-6-17-45-37(58)27-12-15-33(47-21-27)54-49-22-26-7-3-4-9-32(26)67(63,64)65/h3-4,7,9-15,21-22,24,29-31,36H,5-6,8,16-20,23H2,1-2H3,(H,45,58)(H,47,54)(H,48,59)(H,50,55)(H,51,61)(H,52,62)(H,53,60)(H,56,57)(H4,43,44,46)(H,63,64,65)/b49-22-/t29?,30-,31-,36-/m1/s1. The Morgan fingerprint density at radius 2 is 1.60 bits per heavy atom. The van der Waals surface area contributed by atoms with E-state index in [1.54, 1.807) is 44.2 Å². The Balaban J connectivity index is 1.36. The van der Waals surface area contributed by atoms with E-state index in [9.17, 15) is 51.6 Å². The molecule has 0 bridgehead atoms. The minimum Gasteiger partial charge on any atom is -0.494 e. The molecule has 3 aromatic rings. The predicted octanol–water partition coefficient (Wildman–Crippen LogP) is -1.23. The monoisotopic (exact) mass is 950 g/mol. The third-order valence-electron chi connectivity index (χ3n) is 9.76. The second-order valence-electron chi connectivity index (χ2n) is 15.4. The number of nitrogens with one attached hydrogen (secondary N) is 7. The van der Waals surface area contributed by atoms with Gasteiger partial charge in [-0.3, -0.25) is 48.5 Å². The molecule has 67 heavy (non-hydrogen) atoms. The van der Waals surface area contributed by atoms with E-state index in [4.69, 9.17) is 16.2 Å². The lowest BCUT2D eigenvalue weighted by atomic mass is 9.99. The number of carboxylic acid groups (broad SMARTS) is 1. The molecule has 0 saturated carbocycles. The number of aliphatic imine (C=N–C) groups is 1. The third-order valence-corrected chi connectivity index (χ3v) is 10.7. The van der Waals surface area contributed by atoms with Gasteiger partial charge in [-0.15, -0.1) is 0 Å². The van der Waals surface area contributed by atoms with E-state index in [0.29, 0.717) is 17.7 Å². The zero-order valence-electron chi connectivity index (χ0n) is 36.6. The Hall–Kier alpha value is -7.67. The van der Waals surface area contributed by atoms with E-state index in [1.165, 1.54) is 42.7 Å². The topological polar surface area (TPSA) is 377 Å². The number of rotatable bonds is 19. The highest BCUT2D eigenvalue weighted by Gasteiger charge is 2.34. The van der Waals surface area contributed by atoms with Gasteiger partial charge in [0.15, 0.2) is 5.96 Å². The molecule has 6 amide bonds. The van der Waals surface area contributed by atoms with Crippen LogP contribution in [0.25, 0.3) is 0 Å². The molecule has 13 N–H and O–H groups in total. The molecule has 4 rings (SSSR count). The molecule has 1 aliphatic heterocycles. The normalized spacial score (nSPS) is 18.5. The van der Waals surface area contributed by atoms with Gasteiger partial charge >= 0.3 is 5.97 Å². The van der Waals surface area contributed by atoms with Crippen molar-refractivity contribution in [2.75, 3.05) is 31.7 Å². The first kappa shape index (κ1) is 52.0. The summed E-state index contributed by atoms with van der Waals surface area (Å²) in [5, 5.41) is 28.7. The third kappa shape index (κ3) is 17.3. The Bertz CT molecular complexity index is 2410. The van der Waals surface area contributed by atoms with Crippen LogP contribution in [0.3, 0.4) is 0 Å². The van der Waals surface area contributed by atoms with E-state index in [2.05, 4.69) is 52.4 Å². The highest BCUT2D eigenvalue weighted by atomic mass is 32.2. The van der Waals surface area contributed by atoms with Gasteiger partial charge in [0.1, 0.15) is 40.6 Å². The van der Waals surface area contributed by atoms with Gasteiger partial charge in [0.2, 0.25) is 29.5 Å². The molecule has 1 aromatic heterocycles. The van der Waals surface area contributed by atoms with Gasteiger partial charge in [0.25, 0.3) is 16.0 Å². The lowest BCUT2D eigenvalue weighted by molar-refractivity contribution is -0.141. The zero-order valence-corrected chi connectivity index (χ0v) is 37.4. The number of ether oxygens (including phenoxy) is 1. The van der Waals surface area contributed by atoms with Crippen molar-refractivity contribution in [1.29, 1.82) is 0 Å². The van der Waals surface area contributed by atoms with Gasteiger partial charge in [-0.25, -0.2) is 4.98 Å². The summed E-state index contributed by atoms with van der Waals surface area (Å²) in [5.41, 5.74) is 14.3. The van der Waals surface area contributed by atoms with Crippen LogP contribution in [0, 0.1) is 5.92 Å². The molecule has 0 spiro atoms. The van der Waals surface area contributed by atoms with Crippen molar-refractivity contribution < 1.29 is 56.4 Å². The average molecular weight is 951 g/mol. The number of aliphatic carboxylic acids is 1. The van der Waals surface area contributed by atoms with Crippen LogP contribution in [0.5, 0.6) is 5.75 Å². The number of pyridine rings is 1. The second kappa shape index (κ2) is 25.1. The maximum atomic E-state index is 13.8. The predicted molar refractivity (Wildman–Crippen MR) is 242 cm³/mol. The van der Waals surface area contributed by atoms with Crippen molar-refractivity contribution >= 4 is 69.5 Å². The fourth-order valence-corrected chi connectivity index (χ4v) is 7.00. The van der Waals surface area contributed by atoms with Crippen molar-refractivity contribution in [3.05, 3.63) is 83.6 Å². The van der Waals surface area contributed by atoms with E-state index < -0.39 is 94.6 Å². The number of amides is 6. The van der Waals surface area contributed by atoms with Gasteiger partial charge in [0, 0.05) is 31.3 Å². The molecule has 1 unspecified atom stereocenters. The molecular formula is C42H54N12O12S. The Labute approximate surface area is 385 Å². The SMILES string of the molecule is CC(C)[C@H]1NC(=O)C(CCCN=C(N)N)NC(=O)CNC(=O)[C@@H](CC(=O)O)NC(=O)[C@@H](Cc2ccc(OCCCNC(=O)c3ccc(N/N=C\c4ccccc4S(=O)(=O)O)nc3)cc2)NC1=O. The van der Waals surface area contributed by atoms with Gasteiger partial charge in [-0.2, -0.15) is 13.5 Å². The average Bonchev–Trinajstić information content (AvgIpc) is 3.27. The number of nitrogens with zero attached hydrogens (tertiary/aromatic N) is 3. The number of carboxylic acids is 1. The van der Waals surface area contributed by atoms with Crippen molar-refractivity contribution in [3.63, 3.8) is 0 Å². The minimum atomic E-state index is -4.45. The number of benzene rings is 2. The smallest absolute Gasteiger partial charge is 0.305 e. The first-order valence-corrected chi connectivity index (χ1v) is 22.3. The lowest BCUT2D eigenvalue weighted by Crippen LogP contribution is -2.59. The maximum absolute atomic E-state index is 13.8. The van der Waals surface area contributed by atoms with Crippen LogP contribution < -0.4 is 53.5 Å². The van der Waals surface area contributed by atoms with Gasteiger partial charge in [-0.1, -0.05) is 44.2 Å². The molecule has 1 saturated heterocycles. The number of hydrogen-bond acceptors (Lipinski definition) is 14. The summed E-state index contributed by atoms with van der Waals surface area (Å²) in [6.07, 6.45) is 2.25. The van der Waals surface area contributed by atoms with Gasteiger partial charge in [-0.05, 0) is 61.1 Å². The number of hydrogen-bond donors (Lipinski definition) is 11. The quantitative estimate of drug-likeness (QED) is 0.0220. The number of anilines is 1. The number of carbonyl (C=O) groups is 7.